The van der Waals surface area contributed by atoms with Gasteiger partial charge in [-0.25, -0.2) is 9.59 Å². The molecule has 0 fully saturated rings. The highest BCUT2D eigenvalue weighted by atomic mass is 16.4. The number of carboxylic acid groups (broad SMARTS) is 1. The lowest BCUT2D eigenvalue weighted by Crippen LogP contribution is -2.50. The molecule has 3 amide bonds. The molecule has 0 saturated heterocycles. The molecule has 110 valence electrons. The summed E-state index contributed by atoms with van der Waals surface area (Å²) in [7, 11) is 0. The van der Waals surface area contributed by atoms with E-state index in [4.69, 9.17) is 5.11 Å². The van der Waals surface area contributed by atoms with Crippen molar-refractivity contribution in [2.24, 2.45) is 11.8 Å². The van der Waals surface area contributed by atoms with Crippen LogP contribution in [0.4, 0.5) is 4.79 Å². The van der Waals surface area contributed by atoms with Gasteiger partial charge in [-0.1, -0.05) is 27.7 Å². The third kappa shape index (κ3) is 8.01. The number of hydrogen-bond donors (Lipinski definition) is 4. The fraction of sp³-hybridized carbons (Fsp3) is 0.750. The highest BCUT2D eigenvalue weighted by molar-refractivity contribution is 5.86. The van der Waals surface area contributed by atoms with Crippen LogP contribution in [0.5, 0.6) is 0 Å². The van der Waals surface area contributed by atoms with Gasteiger partial charge in [0.15, 0.2) is 0 Å². The zero-order chi connectivity index (χ0) is 15.0. The second kappa shape index (κ2) is 8.34. The SMILES string of the molecule is CC(C)CNC(=O)CNC(=O)N[C@@H](C(=O)O)C(C)C. The van der Waals surface area contributed by atoms with Gasteiger partial charge in [0.2, 0.25) is 5.91 Å². The average Bonchev–Trinajstić information content (AvgIpc) is 2.29. The highest BCUT2D eigenvalue weighted by Gasteiger charge is 2.23. The molecule has 0 aliphatic carbocycles. The molecule has 0 heterocycles. The van der Waals surface area contributed by atoms with Gasteiger partial charge < -0.3 is 21.1 Å². The first-order valence-corrected chi connectivity index (χ1v) is 6.27. The van der Waals surface area contributed by atoms with E-state index in [0.29, 0.717) is 12.5 Å². The number of amides is 3. The monoisotopic (exact) mass is 273 g/mol. The van der Waals surface area contributed by atoms with Gasteiger partial charge in [0.1, 0.15) is 6.04 Å². The minimum absolute atomic E-state index is 0.178. The fourth-order valence-corrected chi connectivity index (χ4v) is 1.25. The lowest BCUT2D eigenvalue weighted by Gasteiger charge is -2.18. The van der Waals surface area contributed by atoms with Crippen LogP contribution in [-0.4, -0.2) is 42.1 Å². The van der Waals surface area contributed by atoms with E-state index in [1.54, 1.807) is 13.8 Å². The molecule has 0 aliphatic rings. The van der Waals surface area contributed by atoms with Crippen molar-refractivity contribution in [3.05, 3.63) is 0 Å². The lowest BCUT2D eigenvalue weighted by molar-refractivity contribution is -0.140. The van der Waals surface area contributed by atoms with Gasteiger partial charge in [-0.2, -0.15) is 0 Å². The van der Waals surface area contributed by atoms with Crippen molar-refractivity contribution in [1.82, 2.24) is 16.0 Å². The van der Waals surface area contributed by atoms with Gasteiger partial charge in [-0.15, -0.1) is 0 Å². The first-order chi connectivity index (χ1) is 8.73. The Kier molecular flexibility index (Phi) is 7.55. The van der Waals surface area contributed by atoms with Gasteiger partial charge in [0.25, 0.3) is 0 Å². The molecular weight excluding hydrogens is 250 g/mol. The number of nitrogens with one attached hydrogen (secondary N) is 3. The molecule has 0 rings (SSSR count). The van der Waals surface area contributed by atoms with E-state index in [9.17, 15) is 14.4 Å². The molecular formula is C12H23N3O4. The Morgan fingerprint density at radius 2 is 1.63 bits per heavy atom. The van der Waals surface area contributed by atoms with Crippen molar-refractivity contribution < 1.29 is 19.5 Å². The van der Waals surface area contributed by atoms with Crippen molar-refractivity contribution in [2.45, 2.75) is 33.7 Å². The molecule has 7 nitrogen and oxygen atoms in total. The zero-order valence-electron chi connectivity index (χ0n) is 11.8. The molecule has 1 atom stereocenters. The van der Waals surface area contributed by atoms with Crippen molar-refractivity contribution >= 4 is 17.9 Å². The van der Waals surface area contributed by atoms with Gasteiger partial charge in [0, 0.05) is 6.54 Å². The van der Waals surface area contributed by atoms with E-state index in [0.717, 1.165) is 0 Å². The van der Waals surface area contributed by atoms with E-state index in [1.165, 1.54) is 0 Å². The molecule has 4 N–H and O–H groups in total. The Bertz CT molecular complexity index is 329. The van der Waals surface area contributed by atoms with Crippen molar-refractivity contribution in [1.29, 1.82) is 0 Å². The molecule has 0 radical (unpaired) electrons. The summed E-state index contributed by atoms with van der Waals surface area (Å²) in [6.07, 6.45) is 0. The minimum atomic E-state index is -1.10. The van der Waals surface area contributed by atoms with Crippen molar-refractivity contribution in [3.63, 3.8) is 0 Å². The second-order valence-electron chi connectivity index (χ2n) is 5.08. The number of rotatable bonds is 7. The van der Waals surface area contributed by atoms with Crippen LogP contribution in [0.25, 0.3) is 0 Å². The zero-order valence-corrected chi connectivity index (χ0v) is 11.8. The number of carboxylic acids is 1. The maximum absolute atomic E-state index is 11.4. The number of hydrogen-bond acceptors (Lipinski definition) is 3. The van der Waals surface area contributed by atoms with E-state index in [-0.39, 0.29) is 18.4 Å². The van der Waals surface area contributed by atoms with E-state index in [1.807, 2.05) is 13.8 Å². The Hall–Kier alpha value is -1.79. The fourth-order valence-electron chi connectivity index (χ4n) is 1.25. The molecule has 0 saturated carbocycles. The number of aliphatic carboxylic acids is 1. The summed E-state index contributed by atoms with van der Waals surface area (Å²) in [5, 5.41) is 16.2. The van der Waals surface area contributed by atoms with Crippen LogP contribution in [0, 0.1) is 11.8 Å². The minimum Gasteiger partial charge on any atom is -0.480 e. The molecule has 0 aliphatic heterocycles. The predicted octanol–water partition coefficient (Wildman–Crippen LogP) is 0.167. The third-order valence-corrected chi connectivity index (χ3v) is 2.34. The maximum atomic E-state index is 11.4. The summed E-state index contributed by atoms with van der Waals surface area (Å²) >= 11 is 0. The van der Waals surface area contributed by atoms with Crippen LogP contribution >= 0.6 is 0 Å². The van der Waals surface area contributed by atoms with Crippen LogP contribution in [0.15, 0.2) is 0 Å². The molecule has 0 aromatic rings. The average molecular weight is 273 g/mol. The van der Waals surface area contributed by atoms with Gasteiger partial charge in [-0.3, -0.25) is 4.79 Å². The van der Waals surface area contributed by atoms with Crippen LogP contribution < -0.4 is 16.0 Å². The number of carbonyl (C=O) groups is 3. The van der Waals surface area contributed by atoms with Gasteiger partial charge >= 0.3 is 12.0 Å². The summed E-state index contributed by atoms with van der Waals surface area (Å²) < 4.78 is 0. The molecule has 7 heteroatoms. The second-order valence-corrected chi connectivity index (χ2v) is 5.08. The van der Waals surface area contributed by atoms with Crippen LogP contribution in [0.3, 0.4) is 0 Å². The normalized spacial score (nSPS) is 12.1. The number of carbonyl (C=O) groups excluding carboxylic acids is 2. The molecule has 19 heavy (non-hydrogen) atoms. The first-order valence-electron chi connectivity index (χ1n) is 6.27. The highest BCUT2D eigenvalue weighted by Crippen LogP contribution is 2.00. The van der Waals surface area contributed by atoms with Gasteiger partial charge in [0.05, 0.1) is 6.54 Å². The molecule has 0 aromatic carbocycles. The smallest absolute Gasteiger partial charge is 0.326 e. The standard InChI is InChI=1S/C12H23N3O4/c1-7(2)5-13-9(16)6-14-12(19)15-10(8(3)4)11(17)18/h7-8,10H,5-6H2,1-4H3,(H,13,16)(H,17,18)(H2,14,15,19)/t10-/m1/s1. The van der Waals surface area contributed by atoms with Crippen molar-refractivity contribution in [3.8, 4) is 0 Å². The summed E-state index contributed by atoms with van der Waals surface area (Å²) in [5.41, 5.74) is 0. The van der Waals surface area contributed by atoms with Crippen LogP contribution in [0.2, 0.25) is 0 Å². The Morgan fingerprint density at radius 3 is 2.05 bits per heavy atom. The quantitative estimate of drug-likeness (QED) is 0.530. The van der Waals surface area contributed by atoms with Crippen LogP contribution in [0.1, 0.15) is 27.7 Å². The Balaban J connectivity index is 4.04. The van der Waals surface area contributed by atoms with E-state index >= 15 is 0 Å². The van der Waals surface area contributed by atoms with E-state index in [2.05, 4.69) is 16.0 Å². The molecule has 0 bridgehead atoms. The molecule has 0 aromatic heterocycles. The van der Waals surface area contributed by atoms with Crippen molar-refractivity contribution in [2.75, 3.05) is 13.1 Å². The maximum Gasteiger partial charge on any atom is 0.326 e. The lowest BCUT2D eigenvalue weighted by atomic mass is 10.1. The third-order valence-electron chi connectivity index (χ3n) is 2.34. The van der Waals surface area contributed by atoms with Crippen LogP contribution in [-0.2, 0) is 9.59 Å². The Labute approximate surface area is 113 Å². The molecule has 0 spiro atoms. The van der Waals surface area contributed by atoms with Gasteiger partial charge in [-0.05, 0) is 11.8 Å². The Morgan fingerprint density at radius 1 is 1.05 bits per heavy atom. The predicted molar refractivity (Wildman–Crippen MR) is 70.6 cm³/mol. The number of urea groups is 1. The largest absolute Gasteiger partial charge is 0.480 e. The summed E-state index contributed by atoms with van der Waals surface area (Å²) in [4.78, 5) is 33.6. The summed E-state index contributed by atoms with van der Waals surface area (Å²) in [5.74, 6) is -1.32. The summed E-state index contributed by atoms with van der Waals surface area (Å²) in [6.45, 7) is 7.65. The molecule has 0 unspecified atom stereocenters. The first kappa shape index (κ1) is 17.2. The topological polar surface area (TPSA) is 108 Å². The van der Waals surface area contributed by atoms with E-state index < -0.39 is 18.0 Å². The summed E-state index contributed by atoms with van der Waals surface area (Å²) in [6, 6.07) is -1.64.